The van der Waals surface area contributed by atoms with Crippen LogP contribution in [0.1, 0.15) is 80.6 Å². The van der Waals surface area contributed by atoms with Gasteiger partial charge in [0.1, 0.15) is 34.5 Å². The first-order valence-corrected chi connectivity index (χ1v) is 19.6. The number of fused-ring (bicyclic) bond motifs is 1. The third kappa shape index (κ3) is 8.20. The Morgan fingerprint density at radius 2 is 1.81 bits per heavy atom. The fourth-order valence-corrected chi connectivity index (χ4v) is 8.68. The number of ether oxygens (including phenoxy) is 3. The second-order valence-electron chi connectivity index (χ2n) is 16.2. The third-order valence-corrected chi connectivity index (χ3v) is 12.8. The number of nitrogens with one attached hydrogen (secondary N) is 3. The highest BCUT2D eigenvalue weighted by molar-refractivity contribution is 7.91. The molecule has 2 aliphatic carbocycles. The van der Waals surface area contributed by atoms with Crippen LogP contribution >= 0.6 is 11.6 Å². The molecule has 1 saturated heterocycles. The first kappa shape index (κ1) is 40.1. The van der Waals surface area contributed by atoms with Crippen molar-refractivity contribution >= 4 is 56.2 Å². The normalized spacial score (nSPS) is 24.1. The van der Waals surface area contributed by atoms with Gasteiger partial charge in [-0.1, -0.05) is 45.4 Å². The van der Waals surface area contributed by atoms with Crippen molar-refractivity contribution in [3.05, 3.63) is 42.2 Å². The molecule has 5 atom stereocenters. The molecule has 0 spiro atoms. The van der Waals surface area contributed by atoms with E-state index < -0.39 is 79.2 Å². The zero-order chi connectivity index (χ0) is 39.3. The Balaban J connectivity index is 1.47. The maximum Gasteiger partial charge on any atom is 0.408 e. The van der Waals surface area contributed by atoms with Crippen LogP contribution in [0.2, 0.25) is 5.15 Å². The van der Waals surface area contributed by atoms with Gasteiger partial charge >= 0.3 is 6.09 Å². The highest BCUT2D eigenvalue weighted by Gasteiger charge is 2.63. The molecule has 290 valence electrons. The van der Waals surface area contributed by atoms with Crippen LogP contribution in [0.3, 0.4) is 0 Å². The molecular weight excluding hydrogens is 726 g/mol. The minimum Gasteiger partial charge on any atom is -0.493 e. The predicted molar refractivity (Wildman–Crippen MR) is 199 cm³/mol. The molecule has 4 amide bonds. The Bertz CT molecular complexity index is 1920. The summed E-state index contributed by atoms with van der Waals surface area (Å²) in [6.07, 6.45) is 2.81. The highest BCUT2D eigenvalue weighted by Crippen LogP contribution is 2.48. The highest BCUT2D eigenvalue weighted by atomic mass is 35.5. The lowest BCUT2D eigenvalue weighted by Crippen LogP contribution is -2.60. The van der Waals surface area contributed by atoms with Crippen molar-refractivity contribution in [2.24, 2.45) is 11.3 Å². The van der Waals surface area contributed by atoms with Crippen LogP contribution in [0.5, 0.6) is 11.5 Å². The number of alkyl carbamates (subject to hydrolysis) is 1. The van der Waals surface area contributed by atoms with Crippen LogP contribution < -0.4 is 24.8 Å². The van der Waals surface area contributed by atoms with Gasteiger partial charge in [0.2, 0.25) is 21.8 Å². The number of hydrogen-bond acceptors (Lipinski definition) is 10. The van der Waals surface area contributed by atoms with Crippen LogP contribution in [-0.4, -0.2) is 89.8 Å². The minimum atomic E-state index is -4.02. The molecule has 0 radical (unpaired) electrons. The molecule has 53 heavy (non-hydrogen) atoms. The molecule has 2 aromatic rings. The van der Waals surface area contributed by atoms with Crippen LogP contribution in [0.15, 0.2) is 37.1 Å². The average molecular weight is 776 g/mol. The van der Waals surface area contributed by atoms with Gasteiger partial charge in [-0.2, -0.15) is 0 Å². The van der Waals surface area contributed by atoms with Gasteiger partial charge in [-0.25, -0.2) is 18.2 Å². The second-order valence-corrected chi connectivity index (χ2v) is 18.7. The molecule has 14 nitrogen and oxygen atoms in total. The van der Waals surface area contributed by atoms with E-state index in [9.17, 15) is 27.6 Å². The Hall–Kier alpha value is -4.11. The number of nitrogens with zero attached hydrogens (tertiary/aromatic N) is 2. The van der Waals surface area contributed by atoms with Crippen LogP contribution in [-0.2, 0) is 29.1 Å². The van der Waals surface area contributed by atoms with Gasteiger partial charge in [0, 0.05) is 23.9 Å². The summed E-state index contributed by atoms with van der Waals surface area (Å²) in [6, 6.07) is 2.86. The van der Waals surface area contributed by atoms with Gasteiger partial charge in [0.05, 0.1) is 18.4 Å². The molecule has 1 aromatic carbocycles. The summed E-state index contributed by atoms with van der Waals surface area (Å²) in [6.45, 7) is 15.9. The number of carbonyl (C=O) groups is 4. The third-order valence-electron chi connectivity index (χ3n) is 10.2. The molecular formula is C37H50ClN5O9S. The van der Waals surface area contributed by atoms with E-state index in [1.165, 1.54) is 18.1 Å². The van der Waals surface area contributed by atoms with Crippen molar-refractivity contribution in [2.45, 2.75) is 115 Å². The van der Waals surface area contributed by atoms with Gasteiger partial charge in [-0.3, -0.25) is 19.1 Å². The number of rotatable bonds is 12. The number of hydrogen-bond donors (Lipinski definition) is 3. The summed E-state index contributed by atoms with van der Waals surface area (Å²) in [4.78, 5) is 61.0. The van der Waals surface area contributed by atoms with Gasteiger partial charge in [0.25, 0.3) is 5.91 Å². The Kier molecular flexibility index (Phi) is 10.8. The number of halogens is 1. The Labute approximate surface area is 315 Å². The molecule has 3 fully saturated rings. The Morgan fingerprint density at radius 1 is 1.13 bits per heavy atom. The Morgan fingerprint density at radius 3 is 2.36 bits per heavy atom. The molecule has 1 aliphatic heterocycles. The summed E-state index contributed by atoms with van der Waals surface area (Å²) < 4.78 is 45.1. The number of benzene rings is 1. The van der Waals surface area contributed by atoms with Crippen molar-refractivity contribution in [1.29, 1.82) is 0 Å². The summed E-state index contributed by atoms with van der Waals surface area (Å²) in [7, 11) is -2.54. The predicted octanol–water partition coefficient (Wildman–Crippen LogP) is 4.63. The van der Waals surface area contributed by atoms with E-state index in [2.05, 4.69) is 26.9 Å². The van der Waals surface area contributed by atoms with E-state index in [0.717, 1.165) is 5.39 Å². The zero-order valence-corrected chi connectivity index (χ0v) is 33.1. The standard InChI is InChI=1S/C37H50ClN5O9S/c1-10-22-19-37(22,32(46)42-53(48,49)36(11-2)13-14-36)41-30(44)25-17-23(51-27-18-24-21(16-26(27)50-9)12-15-39-29(24)38)20-43(25)31(45)28(34(3,4)5)40-33(47)52-35(6,7)8/h10,12,15-16,18,22-23,25,28H,1,11,13-14,17,19-20H2,2-9H3,(H,40,47)(H,41,44)(H,42,46)/t22-,23-,25+,28-,37-/m1/s1. The summed E-state index contributed by atoms with van der Waals surface area (Å²) in [5.74, 6) is -2.00. The fraction of sp³-hybridized carbons (Fsp3) is 0.595. The topological polar surface area (TPSA) is 182 Å². The minimum absolute atomic E-state index is 0.0173. The van der Waals surface area contributed by atoms with E-state index in [1.807, 2.05) is 0 Å². The van der Waals surface area contributed by atoms with E-state index in [1.54, 1.807) is 72.9 Å². The maximum absolute atomic E-state index is 14.5. The smallest absolute Gasteiger partial charge is 0.408 e. The number of sulfonamides is 1. The van der Waals surface area contributed by atoms with Gasteiger partial charge in [-0.15, -0.1) is 6.58 Å². The van der Waals surface area contributed by atoms with E-state index in [4.69, 9.17) is 25.8 Å². The first-order valence-electron chi connectivity index (χ1n) is 17.7. The molecule has 2 saturated carbocycles. The quantitative estimate of drug-likeness (QED) is 0.203. The largest absolute Gasteiger partial charge is 0.493 e. The van der Waals surface area contributed by atoms with Crippen LogP contribution in [0, 0.1) is 11.3 Å². The molecule has 1 aromatic heterocycles. The molecule has 5 rings (SSSR count). The van der Waals surface area contributed by atoms with Crippen molar-refractivity contribution in [3.63, 3.8) is 0 Å². The molecule has 0 bridgehead atoms. The summed E-state index contributed by atoms with van der Waals surface area (Å²) in [5, 5.41) is 7.10. The number of aromatic nitrogens is 1. The number of likely N-dealkylation sites (tertiary alicyclic amines) is 1. The average Bonchev–Trinajstić information content (AvgIpc) is 3.97. The number of methoxy groups -OCH3 is 1. The van der Waals surface area contributed by atoms with Gasteiger partial charge in [0.15, 0.2) is 11.5 Å². The maximum atomic E-state index is 14.5. The van der Waals surface area contributed by atoms with Crippen molar-refractivity contribution in [2.75, 3.05) is 13.7 Å². The number of carbonyl (C=O) groups excluding carboxylic acids is 4. The monoisotopic (exact) mass is 775 g/mol. The van der Waals surface area contributed by atoms with Gasteiger partial charge in [-0.05, 0) is 75.5 Å². The van der Waals surface area contributed by atoms with E-state index in [0.29, 0.717) is 36.1 Å². The molecule has 0 unspecified atom stereocenters. The lowest BCUT2D eigenvalue weighted by Gasteiger charge is -2.36. The van der Waals surface area contributed by atoms with Crippen molar-refractivity contribution < 1.29 is 41.8 Å². The molecule has 3 N–H and O–H groups in total. The zero-order valence-electron chi connectivity index (χ0n) is 31.5. The van der Waals surface area contributed by atoms with Crippen LogP contribution in [0.4, 0.5) is 4.79 Å². The van der Waals surface area contributed by atoms with Crippen molar-refractivity contribution in [1.82, 2.24) is 25.2 Å². The molecule has 2 heterocycles. The van der Waals surface area contributed by atoms with E-state index >= 15 is 0 Å². The summed E-state index contributed by atoms with van der Waals surface area (Å²) >= 11 is 6.39. The van der Waals surface area contributed by atoms with Crippen molar-refractivity contribution in [3.8, 4) is 11.5 Å². The number of amides is 4. The lowest BCUT2D eigenvalue weighted by atomic mass is 9.85. The van der Waals surface area contributed by atoms with Crippen LogP contribution in [0.25, 0.3) is 10.8 Å². The number of pyridine rings is 1. The summed E-state index contributed by atoms with van der Waals surface area (Å²) in [5.41, 5.74) is -3.27. The first-order chi connectivity index (χ1) is 24.6. The molecule has 16 heteroatoms. The van der Waals surface area contributed by atoms with Gasteiger partial charge < -0.3 is 29.7 Å². The second kappa shape index (κ2) is 14.3. The SMILES string of the molecule is C=C[C@@H]1C[C@]1(NC(=O)[C@@H]1C[C@@H](Oc2cc3c(Cl)nccc3cc2OC)CN1C(=O)[C@@H](NC(=O)OC(C)(C)C)C(C)(C)C)C(=O)NS(=O)(=O)C1(CC)CC1. The van der Waals surface area contributed by atoms with E-state index in [-0.39, 0.29) is 24.5 Å². The molecule has 3 aliphatic rings. The fourth-order valence-electron chi connectivity index (χ4n) is 6.80. The lowest BCUT2D eigenvalue weighted by molar-refractivity contribution is -0.143.